The minimum atomic E-state index is -3.46. The second-order valence-corrected chi connectivity index (χ2v) is 6.77. The van der Waals surface area contributed by atoms with Crippen LogP contribution in [0.4, 0.5) is 5.82 Å². The second kappa shape index (κ2) is 7.56. The third kappa shape index (κ3) is 4.43. The number of nitrogens with one attached hydrogen (secondary N) is 1. The fraction of sp³-hybridized carbons (Fsp3) is 0.615. The average molecular weight is 300 g/mol. The molecule has 0 fully saturated rings. The van der Waals surface area contributed by atoms with Gasteiger partial charge in [0.1, 0.15) is 5.82 Å². The van der Waals surface area contributed by atoms with E-state index in [0.29, 0.717) is 25.5 Å². The molecule has 0 radical (unpaired) electrons. The lowest BCUT2D eigenvalue weighted by Gasteiger charge is -2.23. The Bertz CT molecular complexity index is 517. The van der Waals surface area contributed by atoms with Crippen LogP contribution < -0.4 is 5.32 Å². The summed E-state index contributed by atoms with van der Waals surface area (Å²) >= 11 is 0. The van der Waals surface area contributed by atoms with Gasteiger partial charge in [-0.15, -0.1) is 0 Å². The monoisotopic (exact) mass is 300 g/mol. The number of rotatable bonds is 8. The Labute approximate surface area is 121 Å². The van der Waals surface area contributed by atoms with Gasteiger partial charge in [0.2, 0.25) is 10.0 Å². The topological polar surface area (TPSA) is 65.5 Å². The van der Waals surface area contributed by atoms with Crippen LogP contribution >= 0.6 is 0 Å². The Hall–Kier alpha value is -1.18. The first-order valence-electron chi connectivity index (χ1n) is 6.70. The number of pyridine rings is 1. The summed E-state index contributed by atoms with van der Waals surface area (Å²) in [5.74, 6) is 0.551. The van der Waals surface area contributed by atoms with Crippen LogP contribution in [0.1, 0.15) is 13.3 Å². The first-order valence-corrected chi connectivity index (χ1v) is 8.14. The van der Waals surface area contributed by atoms with E-state index in [1.165, 1.54) is 16.6 Å². The molecule has 6 nitrogen and oxygen atoms in total. The Morgan fingerprint density at radius 1 is 1.25 bits per heavy atom. The van der Waals surface area contributed by atoms with Gasteiger partial charge >= 0.3 is 0 Å². The lowest BCUT2D eigenvalue weighted by Crippen LogP contribution is -2.37. The lowest BCUT2D eigenvalue weighted by molar-refractivity contribution is 0.333. The van der Waals surface area contributed by atoms with Gasteiger partial charge in [-0.2, -0.15) is 4.31 Å². The highest BCUT2D eigenvalue weighted by Gasteiger charge is 2.24. The van der Waals surface area contributed by atoms with Crippen LogP contribution in [0.5, 0.6) is 0 Å². The summed E-state index contributed by atoms with van der Waals surface area (Å²) in [6.45, 7) is 3.68. The predicted octanol–water partition coefficient (Wildman–Crippen LogP) is 1.09. The van der Waals surface area contributed by atoms with Crippen LogP contribution in [0.25, 0.3) is 0 Å². The molecule has 0 aliphatic heterocycles. The van der Waals surface area contributed by atoms with Crippen LogP contribution in [0.3, 0.4) is 0 Å². The molecule has 0 spiro atoms. The fourth-order valence-corrected chi connectivity index (χ4v) is 3.31. The molecule has 7 heteroatoms. The van der Waals surface area contributed by atoms with Gasteiger partial charge in [-0.05, 0) is 26.6 Å². The smallest absolute Gasteiger partial charge is 0.243 e. The van der Waals surface area contributed by atoms with Gasteiger partial charge in [0.05, 0.1) is 4.90 Å². The lowest BCUT2D eigenvalue weighted by atomic mass is 10.4. The maximum absolute atomic E-state index is 12.7. The molecule has 1 aromatic heterocycles. The molecular weight excluding hydrogens is 276 g/mol. The number of aromatic nitrogens is 1. The van der Waals surface area contributed by atoms with Gasteiger partial charge in [0.15, 0.2) is 0 Å². The molecule has 0 saturated heterocycles. The molecule has 0 unspecified atom stereocenters. The molecule has 1 aromatic rings. The summed E-state index contributed by atoms with van der Waals surface area (Å²) in [5.41, 5.74) is 0. The summed E-state index contributed by atoms with van der Waals surface area (Å²) in [7, 11) is 2.12. The van der Waals surface area contributed by atoms with Crippen molar-refractivity contribution in [3.05, 3.63) is 18.3 Å². The van der Waals surface area contributed by atoms with E-state index in [1.807, 2.05) is 25.9 Å². The molecule has 1 rings (SSSR count). The largest absolute Gasteiger partial charge is 0.373 e. The Morgan fingerprint density at radius 2 is 1.95 bits per heavy atom. The van der Waals surface area contributed by atoms with Crippen molar-refractivity contribution in [2.75, 3.05) is 46.1 Å². The summed E-state index contributed by atoms with van der Waals surface area (Å²) in [4.78, 5) is 6.31. The fourth-order valence-electron chi connectivity index (χ4n) is 1.77. The van der Waals surface area contributed by atoms with Crippen molar-refractivity contribution < 1.29 is 8.42 Å². The Balaban J connectivity index is 3.01. The van der Waals surface area contributed by atoms with Crippen molar-refractivity contribution in [2.45, 2.75) is 18.2 Å². The molecular formula is C13H24N4O2S. The number of hydrogen-bond acceptors (Lipinski definition) is 5. The molecule has 0 atom stereocenters. The number of likely N-dealkylation sites (N-methyl/N-ethyl adjacent to an activating group) is 1. The normalized spacial score (nSPS) is 12.1. The van der Waals surface area contributed by atoms with Crippen LogP contribution in [0, 0.1) is 0 Å². The molecule has 1 N–H and O–H groups in total. The van der Waals surface area contributed by atoms with E-state index in [0.717, 1.165) is 6.42 Å². The highest BCUT2D eigenvalue weighted by atomic mass is 32.2. The molecule has 20 heavy (non-hydrogen) atoms. The molecule has 114 valence electrons. The van der Waals surface area contributed by atoms with E-state index in [2.05, 4.69) is 10.3 Å². The van der Waals surface area contributed by atoms with E-state index < -0.39 is 10.0 Å². The van der Waals surface area contributed by atoms with Crippen LogP contribution in [-0.2, 0) is 10.0 Å². The maximum atomic E-state index is 12.7. The highest BCUT2D eigenvalue weighted by molar-refractivity contribution is 7.89. The van der Waals surface area contributed by atoms with Crippen molar-refractivity contribution in [3.8, 4) is 0 Å². The van der Waals surface area contributed by atoms with E-state index in [-0.39, 0.29) is 4.90 Å². The minimum Gasteiger partial charge on any atom is -0.373 e. The van der Waals surface area contributed by atoms with Crippen LogP contribution in [0.2, 0.25) is 0 Å². The molecule has 0 aliphatic rings. The van der Waals surface area contributed by atoms with Crippen molar-refractivity contribution in [1.82, 2.24) is 14.2 Å². The van der Waals surface area contributed by atoms with Crippen molar-refractivity contribution in [3.63, 3.8) is 0 Å². The number of hydrogen-bond donors (Lipinski definition) is 1. The van der Waals surface area contributed by atoms with Crippen molar-refractivity contribution in [2.24, 2.45) is 0 Å². The zero-order valence-electron chi connectivity index (χ0n) is 12.6. The summed E-state index contributed by atoms with van der Waals surface area (Å²) in [6, 6.07) is 3.10. The maximum Gasteiger partial charge on any atom is 0.243 e. The average Bonchev–Trinajstić information content (AvgIpc) is 2.43. The van der Waals surface area contributed by atoms with Gasteiger partial charge in [0.25, 0.3) is 0 Å². The van der Waals surface area contributed by atoms with Crippen LogP contribution in [0.15, 0.2) is 23.2 Å². The summed E-state index contributed by atoms with van der Waals surface area (Å²) in [5, 5.41) is 2.86. The van der Waals surface area contributed by atoms with E-state index in [1.54, 1.807) is 13.1 Å². The van der Waals surface area contributed by atoms with Gasteiger partial charge < -0.3 is 10.2 Å². The van der Waals surface area contributed by atoms with Gasteiger partial charge in [-0.3, -0.25) is 0 Å². The third-order valence-electron chi connectivity index (χ3n) is 2.89. The SMILES string of the molecule is CCCN(CCN(C)C)S(=O)(=O)c1ccnc(NC)c1. The number of sulfonamides is 1. The quantitative estimate of drug-likeness (QED) is 0.778. The summed E-state index contributed by atoms with van der Waals surface area (Å²) in [6.07, 6.45) is 2.30. The zero-order valence-corrected chi connectivity index (χ0v) is 13.4. The molecule has 0 aromatic carbocycles. The van der Waals surface area contributed by atoms with E-state index >= 15 is 0 Å². The van der Waals surface area contributed by atoms with Gasteiger partial charge in [-0.1, -0.05) is 6.92 Å². The van der Waals surface area contributed by atoms with Gasteiger partial charge in [0, 0.05) is 38.9 Å². The predicted molar refractivity (Wildman–Crippen MR) is 81.4 cm³/mol. The van der Waals surface area contributed by atoms with Crippen molar-refractivity contribution >= 4 is 15.8 Å². The van der Waals surface area contributed by atoms with Crippen LogP contribution in [-0.4, -0.2) is 63.4 Å². The second-order valence-electron chi connectivity index (χ2n) is 4.83. The first-order chi connectivity index (χ1) is 9.41. The third-order valence-corrected chi connectivity index (χ3v) is 4.79. The molecule has 0 saturated carbocycles. The molecule has 1 heterocycles. The van der Waals surface area contributed by atoms with Gasteiger partial charge in [-0.25, -0.2) is 13.4 Å². The standard InChI is InChI=1S/C13H24N4O2S/c1-5-8-17(10-9-16(3)4)20(18,19)12-6-7-15-13(11-12)14-2/h6-7,11H,5,8-10H2,1-4H3,(H,14,15). The first kappa shape index (κ1) is 16.9. The Morgan fingerprint density at radius 3 is 2.50 bits per heavy atom. The Kier molecular flexibility index (Phi) is 6.38. The number of anilines is 1. The molecule has 0 aliphatic carbocycles. The van der Waals surface area contributed by atoms with Crippen molar-refractivity contribution in [1.29, 1.82) is 0 Å². The number of nitrogens with zero attached hydrogens (tertiary/aromatic N) is 3. The zero-order chi connectivity index (χ0) is 15.2. The molecule has 0 amide bonds. The molecule has 0 bridgehead atoms. The van der Waals surface area contributed by atoms with E-state index in [4.69, 9.17) is 0 Å². The van der Waals surface area contributed by atoms with E-state index in [9.17, 15) is 8.42 Å². The summed E-state index contributed by atoms with van der Waals surface area (Å²) < 4.78 is 26.8. The highest BCUT2D eigenvalue weighted by Crippen LogP contribution is 2.18. The minimum absolute atomic E-state index is 0.282.